The Balaban J connectivity index is 1.67. The molecule has 0 unspecified atom stereocenters. The van der Waals surface area contributed by atoms with Crippen LogP contribution in [0, 0.1) is 19.7 Å². The number of anilines is 1. The molecule has 0 aliphatic carbocycles. The van der Waals surface area contributed by atoms with Crippen LogP contribution in [0.15, 0.2) is 54.6 Å². The molecular weight excluding hydrogens is 471 g/mol. The average molecular weight is 507 g/mol. The Bertz CT molecular complexity index is 1240. The van der Waals surface area contributed by atoms with Crippen molar-refractivity contribution in [3.05, 3.63) is 82.7 Å². The Morgan fingerprint density at radius 2 is 1.78 bits per heavy atom. The van der Waals surface area contributed by atoms with Gasteiger partial charge in [-0.15, -0.1) is 0 Å². The van der Waals surface area contributed by atoms with Crippen LogP contribution in [0.2, 0.25) is 0 Å². The molecule has 0 saturated heterocycles. The van der Waals surface area contributed by atoms with E-state index in [-0.39, 0.29) is 18.7 Å². The largest absolute Gasteiger partial charge is 0.492 e. The second kappa shape index (κ2) is 12.9. The van der Waals surface area contributed by atoms with Gasteiger partial charge in [0, 0.05) is 32.1 Å². The van der Waals surface area contributed by atoms with Crippen LogP contribution in [-0.4, -0.2) is 41.6 Å². The van der Waals surface area contributed by atoms with Crippen LogP contribution in [-0.2, 0) is 22.6 Å². The van der Waals surface area contributed by atoms with Gasteiger partial charge >= 0.3 is 5.97 Å². The van der Waals surface area contributed by atoms with Crippen molar-refractivity contribution in [3.63, 3.8) is 0 Å². The Morgan fingerprint density at radius 1 is 1.05 bits per heavy atom. The summed E-state index contributed by atoms with van der Waals surface area (Å²) < 4.78 is 20.3. The molecule has 0 bridgehead atoms. The molecule has 7 heteroatoms. The van der Waals surface area contributed by atoms with Gasteiger partial charge in [0.15, 0.2) is 0 Å². The monoisotopic (exact) mass is 506 g/mol. The standard InChI is InChI=1S/C30H35FN2O4/c1-5-33(22(4)34)13-14-37-27-15-20(2)30(21(3)16-27)25-8-6-7-23(17-25)19-32-26-11-9-24(28(31)18-26)10-12-29(35)36/h6-9,11,15-18,32H,5,10,12-14,19H2,1-4H3,(H,35,36). The molecule has 0 atom stereocenters. The SMILES string of the molecule is CCN(CCOc1cc(C)c(-c2cccc(CNc3ccc(CCC(=O)O)c(F)c3)c2)c(C)c1)C(C)=O. The van der Waals surface area contributed by atoms with E-state index in [1.165, 1.54) is 6.07 Å². The second-order valence-electron chi connectivity index (χ2n) is 9.13. The van der Waals surface area contributed by atoms with E-state index >= 15 is 0 Å². The summed E-state index contributed by atoms with van der Waals surface area (Å²) in [5, 5.41) is 12.1. The minimum absolute atomic E-state index is 0.0427. The normalized spacial score (nSPS) is 10.7. The van der Waals surface area contributed by atoms with Gasteiger partial charge in [-0.05, 0) is 90.9 Å². The highest BCUT2D eigenvalue weighted by Gasteiger charge is 2.11. The first kappa shape index (κ1) is 27.7. The maximum absolute atomic E-state index is 14.3. The molecular formula is C30H35FN2O4. The molecule has 0 radical (unpaired) electrons. The highest BCUT2D eigenvalue weighted by molar-refractivity contribution is 5.73. The van der Waals surface area contributed by atoms with E-state index in [9.17, 15) is 14.0 Å². The number of carboxylic acids is 1. The molecule has 0 aliphatic rings. The lowest BCUT2D eigenvalue weighted by Gasteiger charge is -2.20. The molecule has 3 aromatic rings. The van der Waals surface area contributed by atoms with E-state index in [1.54, 1.807) is 24.0 Å². The number of hydrogen-bond donors (Lipinski definition) is 2. The molecule has 0 saturated carbocycles. The third kappa shape index (κ3) is 7.81. The lowest BCUT2D eigenvalue weighted by Crippen LogP contribution is -2.32. The fraction of sp³-hybridized carbons (Fsp3) is 0.333. The highest BCUT2D eigenvalue weighted by atomic mass is 19.1. The van der Waals surface area contributed by atoms with Crippen molar-refractivity contribution in [1.82, 2.24) is 4.90 Å². The fourth-order valence-corrected chi connectivity index (χ4v) is 4.42. The van der Waals surface area contributed by atoms with Gasteiger partial charge in [-0.3, -0.25) is 9.59 Å². The van der Waals surface area contributed by atoms with E-state index in [1.807, 2.05) is 31.2 Å². The van der Waals surface area contributed by atoms with Crippen molar-refractivity contribution < 1.29 is 23.8 Å². The van der Waals surface area contributed by atoms with E-state index in [4.69, 9.17) is 9.84 Å². The second-order valence-corrected chi connectivity index (χ2v) is 9.13. The first-order chi connectivity index (χ1) is 17.7. The molecule has 37 heavy (non-hydrogen) atoms. The van der Waals surface area contributed by atoms with Crippen molar-refractivity contribution >= 4 is 17.6 Å². The van der Waals surface area contributed by atoms with Crippen molar-refractivity contribution in [2.45, 2.75) is 47.1 Å². The van der Waals surface area contributed by atoms with Gasteiger partial charge in [-0.2, -0.15) is 0 Å². The Labute approximate surface area is 218 Å². The number of likely N-dealkylation sites (N-methyl/N-ethyl adjacent to an activating group) is 1. The fourth-order valence-electron chi connectivity index (χ4n) is 4.42. The molecule has 0 spiro atoms. The molecule has 3 aromatic carbocycles. The van der Waals surface area contributed by atoms with Crippen molar-refractivity contribution in [2.75, 3.05) is 25.0 Å². The summed E-state index contributed by atoms with van der Waals surface area (Å²) in [4.78, 5) is 24.1. The molecule has 1 amide bonds. The van der Waals surface area contributed by atoms with Crippen LogP contribution < -0.4 is 10.1 Å². The molecule has 0 aromatic heterocycles. The summed E-state index contributed by atoms with van der Waals surface area (Å²) in [6.07, 6.45) is 0.0708. The molecule has 0 fully saturated rings. The van der Waals surface area contributed by atoms with Crippen LogP contribution in [0.25, 0.3) is 11.1 Å². The quantitative estimate of drug-likeness (QED) is 0.316. The van der Waals surface area contributed by atoms with Crippen LogP contribution in [0.4, 0.5) is 10.1 Å². The zero-order valence-electron chi connectivity index (χ0n) is 21.9. The van der Waals surface area contributed by atoms with Gasteiger partial charge in [0.25, 0.3) is 0 Å². The van der Waals surface area contributed by atoms with Gasteiger partial charge < -0.3 is 20.1 Å². The number of carbonyl (C=O) groups excluding carboxylic acids is 1. The lowest BCUT2D eigenvalue weighted by molar-refractivity contribution is -0.137. The molecule has 196 valence electrons. The summed E-state index contributed by atoms with van der Waals surface area (Å²) in [5.74, 6) is -0.523. The number of amides is 1. The topological polar surface area (TPSA) is 78.9 Å². The number of nitrogens with one attached hydrogen (secondary N) is 1. The number of ether oxygens (including phenoxy) is 1. The number of nitrogens with zero attached hydrogens (tertiary/aromatic N) is 1. The van der Waals surface area contributed by atoms with Crippen LogP contribution in [0.3, 0.4) is 0 Å². The summed E-state index contributed by atoms with van der Waals surface area (Å²) >= 11 is 0. The Hall–Kier alpha value is -3.87. The van der Waals surface area contributed by atoms with E-state index in [0.717, 1.165) is 33.6 Å². The molecule has 3 rings (SSSR count). The highest BCUT2D eigenvalue weighted by Crippen LogP contribution is 2.31. The number of carbonyl (C=O) groups is 2. The number of aliphatic carboxylic acids is 1. The maximum Gasteiger partial charge on any atom is 0.303 e. The Morgan fingerprint density at radius 3 is 2.41 bits per heavy atom. The average Bonchev–Trinajstić information content (AvgIpc) is 2.84. The minimum atomic E-state index is -0.942. The third-order valence-electron chi connectivity index (χ3n) is 6.34. The van der Waals surface area contributed by atoms with Gasteiger partial charge in [-0.25, -0.2) is 4.39 Å². The number of benzene rings is 3. The molecule has 0 aliphatic heterocycles. The zero-order chi connectivity index (χ0) is 26.9. The van der Waals surface area contributed by atoms with Gasteiger partial charge in [0.05, 0.1) is 6.54 Å². The lowest BCUT2D eigenvalue weighted by atomic mass is 9.94. The Kier molecular flexibility index (Phi) is 9.66. The number of carboxylic acid groups (broad SMARTS) is 1. The molecule has 6 nitrogen and oxygen atoms in total. The van der Waals surface area contributed by atoms with Crippen LogP contribution in [0.5, 0.6) is 5.75 Å². The van der Waals surface area contributed by atoms with E-state index < -0.39 is 11.8 Å². The predicted molar refractivity (Wildman–Crippen MR) is 144 cm³/mol. The predicted octanol–water partition coefficient (Wildman–Crippen LogP) is 5.99. The van der Waals surface area contributed by atoms with Gasteiger partial charge in [-0.1, -0.05) is 24.3 Å². The summed E-state index contributed by atoms with van der Waals surface area (Å²) in [7, 11) is 0. The first-order valence-electron chi connectivity index (χ1n) is 12.5. The zero-order valence-corrected chi connectivity index (χ0v) is 21.9. The van der Waals surface area contributed by atoms with Gasteiger partial charge in [0.1, 0.15) is 18.2 Å². The van der Waals surface area contributed by atoms with Crippen molar-refractivity contribution in [2.24, 2.45) is 0 Å². The smallest absolute Gasteiger partial charge is 0.303 e. The molecule has 0 heterocycles. The van der Waals surface area contributed by atoms with Crippen molar-refractivity contribution in [1.29, 1.82) is 0 Å². The summed E-state index contributed by atoms with van der Waals surface area (Å²) in [5.41, 5.74) is 6.51. The van der Waals surface area contributed by atoms with Crippen LogP contribution in [0.1, 0.15) is 42.5 Å². The number of halogens is 1. The first-order valence-corrected chi connectivity index (χ1v) is 12.5. The maximum atomic E-state index is 14.3. The number of aryl methyl sites for hydroxylation is 3. The number of rotatable bonds is 12. The summed E-state index contributed by atoms with van der Waals surface area (Å²) in [6, 6.07) is 17.1. The van der Waals surface area contributed by atoms with E-state index in [0.29, 0.717) is 37.5 Å². The van der Waals surface area contributed by atoms with Crippen molar-refractivity contribution in [3.8, 4) is 16.9 Å². The minimum Gasteiger partial charge on any atom is -0.492 e. The van der Waals surface area contributed by atoms with Crippen LogP contribution >= 0.6 is 0 Å². The van der Waals surface area contributed by atoms with Gasteiger partial charge in [0.2, 0.25) is 5.91 Å². The third-order valence-corrected chi connectivity index (χ3v) is 6.34. The summed E-state index contributed by atoms with van der Waals surface area (Å²) in [6.45, 7) is 9.80. The molecule has 2 N–H and O–H groups in total. The van der Waals surface area contributed by atoms with E-state index in [2.05, 4.69) is 31.3 Å². The number of hydrogen-bond acceptors (Lipinski definition) is 4.